The van der Waals surface area contributed by atoms with Crippen molar-refractivity contribution in [1.82, 2.24) is 14.9 Å². The third-order valence-corrected chi connectivity index (χ3v) is 3.51. The average Bonchev–Trinajstić information content (AvgIpc) is 2.73. The van der Waals surface area contributed by atoms with E-state index in [4.69, 9.17) is 11.6 Å². The van der Waals surface area contributed by atoms with Crippen molar-refractivity contribution >= 4 is 22.6 Å². The number of halogens is 4. The zero-order valence-corrected chi connectivity index (χ0v) is 12.6. The van der Waals surface area contributed by atoms with Gasteiger partial charge in [0.15, 0.2) is 0 Å². The number of hydrogen-bond donors (Lipinski definition) is 1. The number of nitrogens with one attached hydrogen (secondary N) is 1. The Bertz CT molecular complexity index is 620. The summed E-state index contributed by atoms with van der Waals surface area (Å²) < 4.78 is 38.4. The maximum absolute atomic E-state index is 12.8. The molecule has 3 nitrogen and oxygen atoms in total. The van der Waals surface area contributed by atoms with Crippen molar-refractivity contribution in [3.05, 3.63) is 28.5 Å². The van der Waals surface area contributed by atoms with Crippen molar-refractivity contribution in [2.45, 2.75) is 25.4 Å². The lowest BCUT2D eigenvalue weighted by molar-refractivity contribution is -0.137. The number of hydrogen-bond acceptors (Lipinski definition) is 2. The monoisotopic (exact) mass is 319 g/mol. The molecular weight excluding hydrogens is 303 g/mol. The number of rotatable bonds is 5. The third-order valence-electron chi connectivity index (χ3n) is 3.19. The summed E-state index contributed by atoms with van der Waals surface area (Å²) in [6.07, 6.45) is -1.81. The molecule has 0 unspecified atom stereocenters. The number of aryl methyl sites for hydroxylation is 1. The molecule has 1 heterocycles. The highest BCUT2D eigenvalue weighted by molar-refractivity contribution is 6.32. The smallest absolute Gasteiger partial charge is 0.342 e. The van der Waals surface area contributed by atoms with E-state index in [1.807, 2.05) is 14.1 Å². The van der Waals surface area contributed by atoms with Gasteiger partial charge in [0.1, 0.15) is 5.82 Å². The summed E-state index contributed by atoms with van der Waals surface area (Å²) >= 11 is 5.68. The van der Waals surface area contributed by atoms with Crippen LogP contribution in [0, 0.1) is 0 Å². The number of alkyl halides is 3. The fourth-order valence-corrected chi connectivity index (χ4v) is 2.41. The lowest BCUT2D eigenvalue weighted by Gasteiger charge is -2.08. The van der Waals surface area contributed by atoms with Gasteiger partial charge < -0.3 is 9.88 Å². The second-order valence-electron chi connectivity index (χ2n) is 5.29. The van der Waals surface area contributed by atoms with Gasteiger partial charge in [0.05, 0.1) is 21.6 Å². The van der Waals surface area contributed by atoms with Gasteiger partial charge in [-0.05, 0) is 45.6 Å². The second kappa shape index (κ2) is 6.23. The molecule has 0 saturated heterocycles. The van der Waals surface area contributed by atoms with Gasteiger partial charge in [0.2, 0.25) is 0 Å². The highest BCUT2D eigenvalue weighted by Crippen LogP contribution is 2.36. The van der Waals surface area contributed by atoms with E-state index in [9.17, 15) is 13.2 Å². The van der Waals surface area contributed by atoms with Gasteiger partial charge in [-0.1, -0.05) is 11.6 Å². The van der Waals surface area contributed by atoms with Crippen molar-refractivity contribution in [3.8, 4) is 0 Å². The molecule has 0 atom stereocenters. The molecule has 0 amide bonds. The van der Waals surface area contributed by atoms with E-state index in [-0.39, 0.29) is 5.02 Å². The van der Waals surface area contributed by atoms with E-state index >= 15 is 0 Å². The van der Waals surface area contributed by atoms with E-state index in [1.165, 1.54) is 6.07 Å². The fourth-order valence-electron chi connectivity index (χ4n) is 2.14. The lowest BCUT2D eigenvalue weighted by atomic mass is 10.2. The number of unbranched alkanes of at least 4 members (excludes halogenated alkanes) is 1. The highest BCUT2D eigenvalue weighted by Gasteiger charge is 2.33. The van der Waals surface area contributed by atoms with Crippen molar-refractivity contribution in [2.75, 3.05) is 20.6 Å². The predicted molar refractivity (Wildman–Crippen MR) is 77.6 cm³/mol. The number of nitrogens with zero attached hydrogens (tertiary/aromatic N) is 2. The largest absolute Gasteiger partial charge is 0.417 e. The second-order valence-corrected chi connectivity index (χ2v) is 5.70. The molecule has 0 aliphatic rings. The summed E-state index contributed by atoms with van der Waals surface area (Å²) in [5.74, 6) is 0.694. The van der Waals surface area contributed by atoms with Crippen LogP contribution in [0.3, 0.4) is 0 Å². The van der Waals surface area contributed by atoms with Crippen molar-refractivity contribution in [2.24, 2.45) is 0 Å². The Morgan fingerprint density at radius 2 is 1.95 bits per heavy atom. The number of benzene rings is 1. The Morgan fingerprint density at radius 3 is 2.57 bits per heavy atom. The van der Waals surface area contributed by atoms with Crippen molar-refractivity contribution in [1.29, 1.82) is 0 Å². The minimum absolute atomic E-state index is 0.319. The third kappa shape index (κ3) is 4.11. The Labute approximate surface area is 126 Å². The van der Waals surface area contributed by atoms with Crippen LogP contribution in [-0.2, 0) is 12.6 Å². The van der Waals surface area contributed by atoms with Crippen LogP contribution in [0.4, 0.5) is 13.2 Å². The standard InChI is InChI=1S/C14H17ClF3N3/c1-21(2)6-4-3-5-13-19-11-7-9(14(16,17)18)10(15)8-12(11)20-13/h7-8H,3-6H2,1-2H3,(H,19,20). The van der Waals surface area contributed by atoms with E-state index < -0.39 is 11.7 Å². The normalized spacial score (nSPS) is 12.5. The van der Waals surface area contributed by atoms with E-state index in [1.54, 1.807) is 0 Å². The molecule has 0 fully saturated rings. The van der Waals surface area contributed by atoms with Crippen LogP contribution in [0.1, 0.15) is 24.2 Å². The fraction of sp³-hybridized carbons (Fsp3) is 0.500. The number of aromatic nitrogens is 2. The molecule has 0 aliphatic heterocycles. The van der Waals surface area contributed by atoms with Crippen LogP contribution in [0.5, 0.6) is 0 Å². The van der Waals surface area contributed by atoms with Crippen LogP contribution in [0.15, 0.2) is 12.1 Å². The Hall–Kier alpha value is -1.27. The SMILES string of the molecule is CN(C)CCCCc1nc2cc(Cl)c(C(F)(F)F)cc2[nH]1. The molecule has 2 aromatic rings. The molecule has 116 valence electrons. The minimum atomic E-state index is -4.46. The van der Waals surface area contributed by atoms with Gasteiger partial charge >= 0.3 is 6.18 Å². The number of aromatic amines is 1. The van der Waals surface area contributed by atoms with Crippen molar-refractivity contribution in [3.63, 3.8) is 0 Å². The van der Waals surface area contributed by atoms with E-state index in [0.717, 1.165) is 25.5 Å². The molecule has 7 heteroatoms. The van der Waals surface area contributed by atoms with Gasteiger partial charge in [-0.15, -0.1) is 0 Å². The topological polar surface area (TPSA) is 31.9 Å². The Morgan fingerprint density at radius 1 is 1.24 bits per heavy atom. The van der Waals surface area contributed by atoms with Gasteiger partial charge in [-0.25, -0.2) is 4.98 Å². The average molecular weight is 320 g/mol. The molecule has 2 rings (SSSR count). The van der Waals surface area contributed by atoms with E-state index in [0.29, 0.717) is 23.3 Å². The molecule has 1 aromatic heterocycles. The minimum Gasteiger partial charge on any atom is -0.342 e. The quantitative estimate of drug-likeness (QED) is 0.841. The molecule has 21 heavy (non-hydrogen) atoms. The number of H-pyrrole nitrogens is 1. The van der Waals surface area contributed by atoms with Crippen molar-refractivity contribution < 1.29 is 13.2 Å². The first-order chi connectivity index (χ1) is 9.77. The summed E-state index contributed by atoms with van der Waals surface area (Å²) in [7, 11) is 4.00. The molecule has 0 radical (unpaired) electrons. The summed E-state index contributed by atoms with van der Waals surface area (Å²) in [5.41, 5.74) is 0.00409. The van der Waals surface area contributed by atoms with Gasteiger partial charge in [0.25, 0.3) is 0 Å². The number of fused-ring (bicyclic) bond motifs is 1. The maximum Gasteiger partial charge on any atom is 0.417 e. The summed E-state index contributed by atoms with van der Waals surface area (Å²) in [4.78, 5) is 9.32. The van der Waals surface area contributed by atoms with Gasteiger partial charge in [-0.3, -0.25) is 0 Å². The summed E-state index contributed by atoms with van der Waals surface area (Å²) in [6, 6.07) is 2.29. The molecular formula is C14H17ClF3N3. The summed E-state index contributed by atoms with van der Waals surface area (Å²) in [5, 5.41) is -0.319. The van der Waals surface area contributed by atoms with Crippen LogP contribution >= 0.6 is 11.6 Å². The predicted octanol–water partition coefficient (Wildman–Crippen LogP) is 4.12. The molecule has 1 aromatic carbocycles. The number of imidazole rings is 1. The first-order valence-corrected chi connectivity index (χ1v) is 7.05. The van der Waals surface area contributed by atoms with Crippen LogP contribution in [-0.4, -0.2) is 35.5 Å². The van der Waals surface area contributed by atoms with Crippen LogP contribution in [0.25, 0.3) is 11.0 Å². The molecule has 0 aliphatic carbocycles. The van der Waals surface area contributed by atoms with Crippen LogP contribution < -0.4 is 0 Å². The summed E-state index contributed by atoms with van der Waals surface area (Å²) in [6.45, 7) is 0.976. The van der Waals surface area contributed by atoms with E-state index in [2.05, 4.69) is 14.9 Å². The zero-order chi connectivity index (χ0) is 15.6. The van der Waals surface area contributed by atoms with Crippen LogP contribution in [0.2, 0.25) is 5.02 Å². The Kier molecular flexibility index (Phi) is 4.78. The Balaban J connectivity index is 2.14. The first kappa shape index (κ1) is 16.1. The molecule has 0 spiro atoms. The lowest BCUT2D eigenvalue weighted by Crippen LogP contribution is -2.12. The molecule has 1 N–H and O–H groups in total. The highest BCUT2D eigenvalue weighted by atomic mass is 35.5. The zero-order valence-electron chi connectivity index (χ0n) is 11.9. The molecule has 0 saturated carbocycles. The van der Waals surface area contributed by atoms with Gasteiger partial charge in [0, 0.05) is 6.42 Å². The molecule has 0 bridgehead atoms. The first-order valence-electron chi connectivity index (χ1n) is 6.67. The van der Waals surface area contributed by atoms with Gasteiger partial charge in [-0.2, -0.15) is 13.2 Å². The maximum atomic E-state index is 12.8.